The van der Waals surface area contributed by atoms with Crippen LogP contribution >= 0.6 is 11.6 Å². The molecule has 4 rings (SSSR count). The van der Waals surface area contributed by atoms with E-state index in [1.54, 1.807) is 51.2 Å². The number of hydrogen-bond donors (Lipinski definition) is 1. The fraction of sp³-hybridized carbons (Fsp3) is 0.250. The lowest BCUT2D eigenvalue weighted by Gasteiger charge is -2.14. The van der Waals surface area contributed by atoms with Crippen molar-refractivity contribution in [1.29, 1.82) is 0 Å². The van der Waals surface area contributed by atoms with Crippen LogP contribution in [0, 0.1) is 13.8 Å². The molecule has 4 aromatic rings. The first-order valence-electron chi connectivity index (χ1n) is 10.5. The van der Waals surface area contributed by atoms with Crippen LogP contribution in [0.4, 0.5) is 0 Å². The lowest BCUT2D eigenvalue weighted by molar-refractivity contribution is 0.103. The van der Waals surface area contributed by atoms with Gasteiger partial charge in [0.15, 0.2) is 0 Å². The topological polar surface area (TPSA) is 99.1 Å². The average Bonchev–Trinajstić information content (AvgIpc) is 3.05. The second kappa shape index (κ2) is 8.37. The second-order valence-corrected chi connectivity index (χ2v) is 8.37. The summed E-state index contributed by atoms with van der Waals surface area (Å²) in [6, 6.07) is 9.60. The van der Waals surface area contributed by atoms with Gasteiger partial charge in [0.1, 0.15) is 5.56 Å². The van der Waals surface area contributed by atoms with Gasteiger partial charge >= 0.3 is 5.69 Å². The molecule has 1 N–H and O–H groups in total. The van der Waals surface area contributed by atoms with Crippen molar-refractivity contribution in [3.63, 3.8) is 0 Å². The van der Waals surface area contributed by atoms with Crippen molar-refractivity contribution in [2.24, 2.45) is 7.05 Å². The molecule has 0 aliphatic heterocycles. The van der Waals surface area contributed by atoms with Crippen LogP contribution < -0.4 is 11.2 Å². The van der Waals surface area contributed by atoms with Gasteiger partial charge in [0, 0.05) is 24.2 Å². The maximum absolute atomic E-state index is 13.5. The van der Waals surface area contributed by atoms with E-state index in [4.69, 9.17) is 11.6 Å². The van der Waals surface area contributed by atoms with Crippen LogP contribution in [0.1, 0.15) is 40.5 Å². The van der Waals surface area contributed by atoms with Gasteiger partial charge in [-0.15, -0.1) is 0 Å². The number of carbonyl (C=O) groups is 1. The van der Waals surface area contributed by atoms with Gasteiger partial charge in [-0.3, -0.25) is 14.2 Å². The molecule has 0 amide bonds. The number of carbonyl (C=O) groups excluding carboxylic acids is 1. The van der Waals surface area contributed by atoms with Gasteiger partial charge in [0.25, 0.3) is 5.56 Å². The van der Waals surface area contributed by atoms with Crippen LogP contribution in [0.3, 0.4) is 0 Å². The van der Waals surface area contributed by atoms with Crippen molar-refractivity contribution in [3.8, 4) is 11.6 Å². The smallest absolute Gasteiger partial charge is 0.335 e. The number of benzene rings is 2. The van der Waals surface area contributed by atoms with Crippen LogP contribution in [0.25, 0.3) is 16.6 Å². The summed E-state index contributed by atoms with van der Waals surface area (Å²) in [4.78, 5) is 39.9. The molecule has 8 nitrogen and oxygen atoms in total. The third kappa shape index (κ3) is 3.56. The molecule has 2 aromatic carbocycles. The Labute approximate surface area is 194 Å². The number of aryl methyl sites for hydroxylation is 4. The normalized spacial score (nSPS) is 11.3. The van der Waals surface area contributed by atoms with Crippen LogP contribution in [0.5, 0.6) is 5.88 Å². The minimum Gasteiger partial charge on any atom is -0.493 e. The van der Waals surface area contributed by atoms with E-state index in [1.165, 1.54) is 15.3 Å². The summed E-state index contributed by atoms with van der Waals surface area (Å²) in [5, 5.41) is 15.5. The van der Waals surface area contributed by atoms with Crippen molar-refractivity contribution in [1.82, 2.24) is 18.9 Å². The molecule has 0 saturated carbocycles. The van der Waals surface area contributed by atoms with Crippen molar-refractivity contribution < 1.29 is 9.90 Å². The number of aromatic nitrogens is 4. The molecule has 0 unspecified atom stereocenters. The van der Waals surface area contributed by atoms with Gasteiger partial charge in [-0.25, -0.2) is 14.0 Å². The Kier molecular flexibility index (Phi) is 5.71. The standard InChI is InChI=1S/C24H23ClN4O4/c1-5-11-28-22(31)20(14(3)26-28)21(30)17-9-10-18-19(13(17)2)23(32)29(24(33)27(18)4)16-8-6-7-15(25)12-16/h6-10,12,31H,5,11H2,1-4H3. The van der Waals surface area contributed by atoms with Gasteiger partial charge in [-0.1, -0.05) is 24.6 Å². The van der Waals surface area contributed by atoms with Crippen LogP contribution in [0.15, 0.2) is 46.0 Å². The first kappa shape index (κ1) is 22.5. The Hall–Kier alpha value is -3.65. The molecule has 0 radical (unpaired) electrons. The molecule has 2 aromatic heterocycles. The van der Waals surface area contributed by atoms with Gasteiger partial charge in [-0.05, 0) is 56.2 Å². The molecule has 33 heavy (non-hydrogen) atoms. The van der Waals surface area contributed by atoms with Crippen molar-refractivity contribution in [3.05, 3.63) is 84.6 Å². The SMILES string of the molecule is CCCn1nc(C)c(C(=O)c2ccc3c(c2C)c(=O)n(-c2cccc(Cl)c2)c(=O)n3C)c1O. The Morgan fingerprint density at radius 3 is 2.55 bits per heavy atom. The molecule has 0 aliphatic carbocycles. The fourth-order valence-corrected chi connectivity index (χ4v) is 4.31. The predicted molar refractivity (Wildman–Crippen MR) is 127 cm³/mol. The number of aromatic hydroxyl groups is 1. The third-order valence-electron chi connectivity index (χ3n) is 5.77. The molecular weight excluding hydrogens is 444 g/mol. The van der Waals surface area contributed by atoms with E-state index < -0.39 is 17.0 Å². The maximum Gasteiger partial charge on any atom is 0.335 e. The van der Waals surface area contributed by atoms with Crippen molar-refractivity contribution in [2.75, 3.05) is 0 Å². The third-order valence-corrected chi connectivity index (χ3v) is 6.01. The zero-order chi connectivity index (χ0) is 24.0. The van der Waals surface area contributed by atoms with Crippen molar-refractivity contribution >= 4 is 28.3 Å². The van der Waals surface area contributed by atoms with Crippen LogP contribution in [0.2, 0.25) is 5.02 Å². The molecule has 0 saturated heterocycles. The van der Waals surface area contributed by atoms with E-state index in [-0.39, 0.29) is 22.4 Å². The number of fused-ring (bicyclic) bond motifs is 1. The van der Waals surface area contributed by atoms with E-state index in [1.807, 2.05) is 6.92 Å². The zero-order valence-corrected chi connectivity index (χ0v) is 19.5. The highest BCUT2D eigenvalue weighted by molar-refractivity contribution is 6.30. The molecule has 0 fully saturated rings. The van der Waals surface area contributed by atoms with Crippen molar-refractivity contribution in [2.45, 2.75) is 33.7 Å². The number of ketones is 1. The number of rotatable bonds is 5. The van der Waals surface area contributed by atoms with E-state index in [0.29, 0.717) is 34.0 Å². The second-order valence-electron chi connectivity index (χ2n) is 7.93. The maximum atomic E-state index is 13.5. The largest absolute Gasteiger partial charge is 0.493 e. The molecule has 0 aliphatic rings. The highest BCUT2D eigenvalue weighted by atomic mass is 35.5. The summed E-state index contributed by atoms with van der Waals surface area (Å²) < 4.78 is 3.80. The summed E-state index contributed by atoms with van der Waals surface area (Å²) in [6.45, 7) is 5.74. The van der Waals surface area contributed by atoms with E-state index >= 15 is 0 Å². The molecular formula is C24H23ClN4O4. The summed E-state index contributed by atoms with van der Waals surface area (Å²) in [5.74, 6) is -0.634. The minimum absolute atomic E-state index is 0.103. The van der Waals surface area contributed by atoms with Crippen LogP contribution in [-0.4, -0.2) is 29.8 Å². The van der Waals surface area contributed by atoms with Gasteiger partial charge in [0.2, 0.25) is 11.7 Å². The molecule has 0 spiro atoms. The van der Waals surface area contributed by atoms with Gasteiger partial charge in [0.05, 0.1) is 22.3 Å². The summed E-state index contributed by atoms with van der Waals surface area (Å²) >= 11 is 6.08. The molecule has 0 bridgehead atoms. The molecule has 0 atom stereocenters. The summed E-state index contributed by atoms with van der Waals surface area (Å²) in [6.07, 6.45) is 0.744. The quantitative estimate of drug-likeness (QED) is 0.454. The Bertz CT molecular complexity index is 1550. The van der Waals surface area contributed by atoms with Gasteiger partial charge < -0.3 is 5.11 Å². The van der Waals surface area contributed by atoms with E-state index in [2.05, 4.69) is 5.10 Å². The fourth-order valence-electron chi connectivity index (χ4n) is 4.12. The monoisotopic (exact) mass is 466 g/mol. The lowest BCUT2D eigenvalue weighted by atomic mass is 9.96. The Balaban J connectivity index is 1.99. The van der Waals surface area contributed by atoms with E-state index in [0.717, 1.165) is 11.0 Å². The summed E-state index contributed by atoms with van der Waals surface area (Å²) in [5.41, 5.74) is 0.836. The summed E-state index contributed by atoms with van der Waals surface area (Å²) in [7, 11) is 1.57. The first-order valence-corrected chi connectivity index (χ1v) is 10.9. The lowest BCUT2D eigenvalue weighted by Crippen LogP contribution is -2.38. The Morgan fingerprint density at radius 1 is 1.15 bits per heavy atom. The van der Waals surface area contributed by atoms with E-state index in [9.17, 15) is 19.5 Å². The molecule has 2 heterocycles. The first-order chi connectivity index (χ1) is 15.7. The highest BCUT2D eigenvalue weighted by Gasteiger charge is 2.25. The highest BCUT2D eigenvalue weighted by Crippen LogP contribution is 2.28. The molecule has 170 valence electrons. The van der Waals surface area contributed by atoms with Crippen LogP contribution in [-0.2, 0) is 13.6 Å². The van der Waals surface area contributed by atoms with Gasteiger partial charge in [-0.2, -0.15) is 5.10 Å². The number of nitrogens with zero attached hydrogens (tertiary/aromatic N) is 4. The zero-order valence-electron chi connectivity index (χ0n) is 18.7. The Morgan fingerprint density at radius 2 is 1.88 bits per heavy atom. The number of halogens is 1. The predicted octanol–water partition coefficient (Wildman–Crippen LogP) is 3.50. The molecule has 9 heteroatoms. The average molecular weight is 467 g/mol. The number of hydrogen-bond acceptors (Lipinski definition) is 5. The minimum atomic E-state index is -0.551.